The molecular weight excluding hydrogens is 408 g/mol. The maximum absolute atomic E-state index is 11.5. The Balaban J connectivity index is 2.17. The summed E-state index contributed by atoms with van der Waals surface area (Å²) in [5.41, 5.74) is 1.73. The molecule has 0 heterocycles. The highest BCUT2D eigenvalue weighted by molar-refractivity contribution is 6.33. The number of carbonyl (C=O) groups is 1. The predicted molar refractivity (Wildman–Crippen MR) is 116 cm³/mol. The van der Waals surface area contributed by atoms with Crippen LogP contribution < -0.4 is 10.6 Å². The van der Waals surface area contributed by atoms with Gasteiger partial charge in [0.05, 0.1) is 21.7 Å². The van der Waals surface area contributed by atoms with Gasteiger partial charge in [-0.05, 0) is 30.7 Å². The Morgan fingerprint density at radius 1 is 1.23 bits per heavy atom. The van der Waals surface area contributed by atoms with Crippen LogP contribution in [0.3, 0.4) is 0 Å². The minimum Gasteiger partial charge on any atom is -0.382 e. The van der Waals surface area contributed by atoms with Crippen LogP contribution in [-0.4, -0.2) is 17.4 Å². The van der Waals surface area contributed by atoms with Crippen molar-refractivity contribution in [3.8, 4) is 6.07 Å². The fraction of sp³-hybridized carbons (Fsp3) is 0.200. The highest BCUT2D eigenvalue weighted by Crippen LogP contribution is 2.33. The number of nitriles is 1. The first-order valence-electron chi connectivity index (χ1n) is 8.94. The second-order valence-electron chi connectivity index (χ2n) is 6.06. The second kappa shape index (κ2) is 11.3. The Morgan fingerprint density at radius 2 is 1.97 bits per heavy atom. The van der Waals surface area contributed by atoms with Gasteiger partial charge < -0.3 is 10.6 Å². The molecule has 0 unspecified atom stereocenters. The van der Waals surface area contributed by atoms with Gasteiger partial charge in [0.2, 0.25) is 5.91 Å². The number of non-ortho nitro benzene ring substituents is 1. The number of unbranched alkanes of at least 4 members (excludes halogenated alkanes) is 1. The molecule has 0 aromatic heterocycles. The number of anilines is 2. The largest absolute Gasteiger partial charge is 0.382 e. The summed E-state index contributed by atoms with van der Waals surface area (Å²) in [5, 5.41) is 33.4. The average molecular weight is 427 g/mol. The first-order chi connectivity index (χ1) is 14.4. The Labute approximate surface area is 178 Å². The molecule has 0 aliphatic heterocycles. The molecule has 0 saturated carbocycles. The summed E-state index contributed by atoms with van der Waals surface area (Å²) in [6.07, 6.45) is 5.00. The Hall–Kier alpha value is -3.77. The smallest absolute Gasteiger partial charge is 0.271 e. The lowest BCUT2D eigenvalue weighted by Gasteiger charge is -2.10. The molecule has 0 aliphatic carbocycles. The Kier molecular flexibility index (Phi) is 8.47. The standard InChI is InChI=1S/C20H19ClN6O3/c1-14(28)24-20-12-15(23-11-5-3-2-4-10-22)6-8-19(20)26-25-18-9-7-16(27(29)30)13-17(18)21/h3,5-9,12-13,23H,2,4,11H2,1H3,(H,24,28). The number of hydrogen-bond acceptors (Lipinski definition) is 7. The number of halogens is 1. The molecule has 0 fully saturated rings. The van der Waals surface area contributed by atoms with E-state index in [4.69, 9.17) is 16.9 Å². The zero-order valence-corrected chi connectivity index (χ0v) is 16.9. The maximum atomic E-state index is 11.5. The van der Waals surface area contributed by atoms with Crippen molar-refractivity contribution in [2.24, 2.45) is 10.2 Å². The molecule has 9 nitrogen and oxygen atoms in total. The topological polar surface area (TPSA) is 133 Å². The van der Waals surface area contributed by atoms with E-state index < -0.39 is 4.92 Å². The van der Waals surface area contributed by atoms with Gasteiger partial charge in [-0.15, -0.1) is 10.2 Å². The van der Waals surface area contributed by atoms with Gasteiger partial charge in [-0.25, -0.2) is 0 Å². The normalized spacial score (nSPS) is 10.8. The monoisotopic (exact) mass is 426 g/mol. The van der Waals surface area contributed by atoms with E-state index >= 15 is 0 Å². The molecule has 1 amide bonds. The lowest BCUT2D eigenvalue weighted by atomic mass is 10.2. The molecule has 30 heavy (non-hydrogen) atoms. The van der Waals surface area contributed by atoms with Gasteiger partial charge in [-0.2, -0.15) is 5.26 Å². The summed E-state index contributed by atoms with van der Waals surface area (Å²) in [7, 11) is 0. The van der Waals surface area contributed by atoms with Crippen molar-refractivity contribution in [1.82, 2.24) is 0 Å². The summed E-state index contributed by atoms with van der Waals surface area (Å²) in [6, 6.07) is 11.1. The van der Waals surface area contributed by atoms with Crippen LogP contribution in [-0.2, 0) is 4.79 Å². The van der Waals surface area contributed by atoms with Crippen LogP contribution in [0.1, 0.15) is 19.8 Å². The van der Waals surface area contributed by atoms with Gasteiger partial charge in [-0.1, -0.05) is 23.8 Å². The summed E-state index contributed by atoms with van der Waals surface area (Å²) in [5.74, 6) is -0.270. The van der Waals surface area contributed by atoms with Crippen molar-refractivity contribution in [1.29, 1.82) is 5.26 Å². The van der Waals surface area contributed by atoms with E-state index in [-0.39, 0.29) is 22.3 Å². The zero-order valence-electron chi connectivity index (χ0n) is 16.1. The number of nitro benzene ring substituents is 1. The van der Waals surface area contributed by atoms with Crippen LogP contribution in [0, 0.1) is 21.4 Å². The first-order valence-corrected chi connectivity index (χ1v) is 9.31. The molecule has 10 heteroatoms. The molecule has 2 rings (SSSR count). The number of nitrogens with one attached hydrogen (secondary N) is 2. The molecule has 154 valence electrons. The van der Waals surface area contributed by atoms with Gasteiger partial charge in [0.1, 0.15) is 11.4 Å². The van der Waals surface area contributed by atoms with Crippen molar-refractivity contribution in [3.63, 3.8) is 0 Å². The average Bonchev–Trinajstić information content (AvgIpc) is 2.70. The summed E-state index contributed by atoms with van der Waals surface area (Å²) in [4.78, 5) is 21.8. The lowest BCUT2D eigenvalue weighted by molar-refractivity contribution is -0.384. The quantitative estimate of drug-likeness (QED) is 0.169. The van der Waals surface area contributed by atoms with Crippen molar-refractivity contribution in [2.45, 2.75) is 19.8 Å². The Bertz CT molecular complexity index is 1030. The minimum absolute atomic E-state index is 0.0931. The first kappa shape index (κ1) is 22.5. The molecule has 0 atom stereocenters. The number of nitro groups is 1. The van der Waals surface area contributed by atoms with E-state index in [1.807, 2.05) is 12.2 Å². The number of nitrogens with zero attached hydrogens (tertiary/aromatic N) is 4. The summed E-state index contributed by atoms with van der Waals surface area (Å²) < 4.78 is 0. The number of amides is 1. The molecule has 0 saturated heterocycles. The Morgan fingerprint density at radius 3 is 2.63 bits per heavy atom. The van der Waals surface area contributed by atoms with E-state index in [1.165, 1.54) is 25.1 Å². The molecule has 2 N–H and O–H groups in total. The van der Waals surface area contributed by atoms with Crippen molar-refractivity contribution < 1.29 is 9.72 Å². The third-order valence-electron chi connectivity index (χ3n) is 3.73. The number of carbonyl (C=O) groups excluding carboxylic acids is 1. The third-order valence-corrected chi connectivity index (χ3v) is 4.03. The van der Waals surface area contributed by atoms with Gasteiger partial charge in [0, 0.05) is 37.7 Å². The number of hydrogen-bond donors (Lipinski definition) is 2. The van der Waals surface area contributed by atoms with E-state index in [0.29, 0.717) is 30.8 Å². The fourth-order valence-corrected chi connectivity index (χ4v) is 2.56. The van der Waals surface area contributed by atoms with Crippen LogP contribution >= 0.6 is 11.6 Å². The lowest BCUT2D eigenvalue weighted by Crippen LogP contribution is -2.07. The SMILES string of the molecule is CC(=O)Nc1cc(NCC=CCCC#N)ccc1N=Nc1ccc([N+](=O)[O-])cc1Cl. The van der Waals surface area contributed by atoms with Gasteiger partial charge in [0.25, 0.3) is 5.69 Å². The van der Waals surface area contributed by atoms with E-state index in [9.17, 15) is 14.9 Å². The van der Waals surface area contributed by atoms with E-state index in [2.05, 4.69) is 26.9 Å². The van der Waals surface area contributed by atoms with Gasteiger partial charge in [-0.3, -0.25) is 14.9 Å². The van der Waals surface area contributed by atoms with Crippen molar-refractivity contribution in [3.05, 3.63) is 63.7 Å². The summed E-state index contributed by atoms with van der Waals surface area (Å²) in [6.45, 7) is 1.94. The maximum Gasteiger partial charge on any atom is 0.271 e. The van der Waals surface area contributed by atoms with Crippen LogP contribution in [0.25, 0.3) is 0 Å². The second-order valence-corrected chi connectivity index (χ2v) is 6.46. The van der Waals surface area contributed by atoms with Crippen LogP contribution in [0.15, 0.2) is 58.8 Å². The molecule has 2 aromatic carbocycles. The molecule has 0 radical (unpaired) electrons. The van der Waals surface area contributed by atoms with Crippen molar-refractivity contribution >= 4 is 45.9 Å². The number of benzene rings is 2. The van der Waals surface area contributed by atoms with Crippen LogP contribution in [0.5, 0.6) is 0 Å². The van der Waals surface area contributed by atoms with Crippen LogP contribution in [0.2, 0.25) is 5.02 Å². The molecule has 0 spiro atoms. The fourth-order valence-electron chi connectivity index (χ4n) is 2.35. The predicted octanol–water partition coefficient (Wildman–Crippen LogP) is 5.89. The molecule has 0 bridgehead atoms. The van der Waals surface area contributed by atoms with Gasteiger partial charge >= 0.3 is 0 Å². The van der Waals surface area contributed by atoms with E-state index in [1.54, 1.807) is 18.2 Å². The molecular formula is C20H19ClN6O3. The van der Waals surface area contributed by atoms with Crippen molar-refractivity contribution in [2.75, 3.05) is 17.2 Å². The summed E-state index contributed by atoms with van der Waals surface area (Å²) >= 11 is 6.03. The number of allylic oxidation sites excluding steroid dienone is 1. The zero-order chi connectivity index (χ0) is 21.9. The molecule has 2 aromatic rings. The minimum atomic E-state index is -0.549. The number of azo groups is 1. The molecule has 0 aliphatic rings. The third kappa shape index (κ3) is 7.00. The van der Waals surface area contributed by atoms with Crippen LogP contribution in [0.4, 0.5) is 28.4 Å². The highest BCUT2D eigenvalue weighted by Gasteiger charge is 2.10. The van der Waals surface area contributed by atoms with E-state index in [0.717, 1.165) is 5.69 Å². The number of rotatable bonds is 9. The highest BCUT2D eigenvalue weighted by atomic mass is 35.5. The van der Waals surface area contributed by atoms with Gasteiger partial charge in [0.15, 0.2) is 0 Å².